The Balaban J connectivity index is 1.48. The van der Waals surface area contributed by atoms with Crippen LogP contribution in [-0.4, -0.2) is 16.8 Å². The number of carbonyl (C=O) groups is 2. The molecule has 0 fully saturated rings. The zero-order chi connectivity index (χ0) is 29.5. The highest BCUT2D eigenvalue weighted by molar-refractivity contribution is 7.14. The van der Waals surface area contributed by atoms with Crippen LogP contribution < -0.4 is 14.4 Å². The van der Waals surface area contributed by atoms with Crippen LogP contribution in [0, 0.1) is 0 Å². The number of benzene rings is 4. The molecule has 0 radical (unpaired) electrons. The number of aromatic nitrogens is 1. The highest BCUT2D eigenvalue weighted by atomic mass is 35.5. The van der Waals surface area contributed by atoms with Crippen LogP contribution in [0.2, 0.25) is 10.0 Å². The molecule has 0 aliphatic carbocycles. The third kappa shape index (κ3) is 6.77. The van der Waals surface area contributed by atoms with Crippen molar-refractivity contribution in [3.05, 3.63) is 140 Å². The second-order valence-corrected chi connectivity index (χ2v) is 10.9. The van der Waals surface area contributed by atoms with E-state index >= 15 is 0 Å². The zero-order valence-corrected chi connectivity index (χ0v) is 25.1. The lowest BCUT2D eigenvalue weighted by atomic mass is 10.1. The molecule has 1 heterocycles. The first-order valence-electron chi connectivity index (χ1n) is 12.8. The molecule has 6 nitrogen and oxygen atoms in total. The number of rotatable bonds is 10. The fourth-order valence-electron chi connectivity index (χ4n) is 4.05. The van der Waals surface area contributed by atoms with Crippen LogP contribution in [0.25, 0.3) is 0 Å². The van der Waals surface area contributed by atoms with E-state index in [2.05, 4.69) is 4.98 Å². The minimum Gasteiger partial charge on any atom is -0.488 e. The molecule has 5 rings (SSSR count). The van der Waals surface area contributed by atoms with Crippen molar-refractivity contribution in [2.24, 2.45) is 0 Å². The summed E-state index contributed by atoms with van der Waals surface area (Å²) in [6.45, 7) is 0.258. The van der Waals surface area contributed by atoms with E-state index < -0.39 is 11.8 Å². The lowest BCUT2D eigenvalue weighted by Crippen LogP contribution is -2.37. The molecule has 0 atom stereocenters. The number of para-hydroxylation sites is 2. The van der Waals surface area contributed by atoms with Gasteiger partial charge in [-0.05, 0) is 36.4 Å². The van der Waals surface area contributed by atoms with E-state index in [9.17, 15) is 9.59 Å². The summed E-state index contributed by atoms with van der Waals surface area (Å²) in [5, 5.41) is 2.96. The van der Waals surface area contributed by atoms with Gasteiger partial charge in [0, 0.05) is 26.6 Å². The Morgan fingerprint density at radius 3 is 1.60 bits per heavy atom. The topological polar surface area (TPSA) is 68.7 Å². The van der Waals surface area contributed by atoms with Crippen molar-refractivity contribution in [2.45, 2.75) is 19.1 Å². The van der Waals surface area contributed by atoms with Crippen LogP contribution in [0.1, 0.15) is 37.5 Å². The predicted molar refractivity (Wildman–Crippen MR) is 167 cm³/mol. The first-order valence-corrected chi connectivity index (χ1v) is 14.9. The number of hydrogen-bond acceptors (Lipinski definition) is 6. The predicted octanol–water partition coefficient (Wildman–Crippen LogP) is 8.83. The average Bonchev–Trinajstić information content (AvgIpc) is 3.49. The molecule has 10 heteroatoms. The molecule has 0 aliphatic rings. The van der Waals surface area contributed by atoms with E-state index in [1.807, 2.05) is 36.4 Å². The molecular formula is C32H23Cl3N2O4S. The van der Waals surface area contributed by atoms with Gasteiger partial charge in [-0.3, -0.25) is 9.59 Å². The molecule has 0 spiro atoms. The van der Waals surface area contributed by atoms with E-state index in [0.29, 0.717) is 15.7 Å². The number of carbonyl (C=O) groups excluding carboxylic acids is 2. The quantitative estimate of drug-likeness (QED) is 0.113. The second-order valence-electron chi connectivity index (χ2n) is 8.95. The molecule has 0 bridgehead atoms. The number of nitrogens with zero attached hydrogens (tertiary/aromatic N) is 2. The van der Waals surface area contributed by atoms with Gasteiger partial charge in [0.05, 0.1) is 22.7 Å². The van der Waals surface area contributed by atoms with Crippen molar-refractivity contribution in [2.75, 3.05) is 4.90 Å². The number of hydrogen-bond donors (Lipinski definition) is 0. The van der Waals surface area contributed by atoms with Crippen molar-refractivity contribution in [3.63, 3.8) is 0 Å². The lowest BCUT2D eigenvalue weighted by Gasteiger charge is -2.21. The Kier molecular flexibility index (Phi) is 9.77. The Morgan fingerprint density at radius 1 is 0.690 bits per heavy atom. The van der Waals surface area contributed by atoms with Crippen molar-refractivity contribution >= 4 is 63.1 Å². The normalized spacial score (nSPS) is 10.7. The van der Waals surface area contributed by atoms with E-state index in [1.165, 1.54) is 0 Å². The number of alkyl halides is 1. The number of amides is 2. The maximum absolute atomic E-state index is 14.2. The van der Waals surface area contributed by atoms with Gasteiger partial charge >= 0.3 is 0 Å². The van der Waals surface area contributed by atoms with Gasteiger partial charge in [0.25, 0.3) is 11.8 Å². The monoisotopic (exact) mass is 636 g/mol. The summed E-state index contributed by atoms with van der Waals surface area (Å²) in [5.41, 5.74) is 2.40. The van der Waals surface area contributed by atoms with Crippen LogP contribution in [0.15, 0.2) is 102 Å². The summed E-state index contributed by atoms with van der Waals surface area (Å²) >= 11 is 19.7. The molecule has 4 aromatic carbocycles. The van der Waals surface area contributed by atoms with Crippen molar-refractivity contribution in [1.82, 2.24) is 4.98 Å². The summed E-state index contributed by atoms with van der Waals surface area (Å²) in [7, 11) is 0. The maximum atomic E-state index is 14.2. The largest absolute Gasteiger partial charge is 0.488 e. The minimum absolute atomic E-state index is 0.127. The summed E-state index contributed by atoms with van der Waals surface area (Å²) < 4.78 is 12.1. The van der Waals surface area contributed by atoms with Gasteiger partial charge in [-0.1, -0.05) is 83.9 Å². The second kappa shape index (κ2) is 13.9. The lowest BCUT2D eigenvalue weighted by molar-refractivity contribution is 0.0893. The SMILES string of the molecule is O=C(c1ccccc1OCc1ccccc1Cl)N(C(=O)c1ccccc1OCc1ccccc1Cl)c1nc(CCl)cs1. The highest BCUT2D eigenvalue weighted by Crippen LogP contribution is 2.31. The molecule has 212 valence electrons. The van der Waals surface area contributed by atoms with Gasteiger partial charge in [0.15, 0.2) is 5.13 Å². The van der Waals surface area contributed by atoms with Crippen LogP contribution in [0.5, 0.6) is 11.5 Å². The van der Waals surface area contributed by atoms with E-state index in [0.717, 1.165) is 27.4 Å². The maximum Gasteiger partial charge on any atom is 0.270 e. The van der Waals surface area contributed by atoms with Gasteiger partial charge < -0.3 is 9.47 Å². The Morgan fingerprint density at radius 2 is 1.14 bits per heavy atom. The molecule has 5 aromatic rings. The number of ether oxygens (including phenoxy) is 2. The Bertz CT molecular complexity index is 1620. The fourth-order valence-corrected chi connectivity index (χ4v) is 5.48. The van der Waals surface area contributed by atoms with Crippen molar-refractivity contribution < 1.29 is 19.1 Å². The smallest absolute Gasteiger partial charge is 0.270 e. The minimum atomic E-state index is -0.619. The molecule has 0 unspecified atom stereocenters. The van der Waals surface area contributed by atoms with Crippen LogP contribution in [-0.2, 0) is 19.1 Å². The third-order valence-electron chi connectivity index (χ3n) is 6.19. The summed E-state index contributed by atoms with van der Waals surface area (Å²) in [5.74, 6) is -0.533. The zero-order valence-electron chi connectivity index (χ0n) is 22.0. The summed E-state index contributed by atoms with van der Waals surface area (Å²) in [6, 6.07) is 28.0. The van der Waals surface area contributed by atoms with Gasteiger partial charge in [-0.2, -0.15) is 0 Å². The van der Waals surface area contributed by atoms with Crippen LogP contribution >= 0.6 is 46.1 Å². The van der Waals surface area contributed by atoms with E-state index in [-0.39, 0.29) is 46.9 Å². The number of imide groups is 1. The molecule has 2 amide bonds. The standard InChI is InChI=1S/C32H23Cl3N2O4S/c33-17-23-20-42-32(36-23)37(30(38)24-11-3-7-15-28(24)40-18-21-9-1-5-13-26(21)34)31(39)25-12-4-8-16-29(25)41-19-22-10-2-6-14-27(22)35/h1-16,20H,17-19H2. The third-order valence-corrected chi connectivity index (χ3v) is 8.08. The molecule has 0 saturated heterocycles. The first-order chi connectivity index (χ1) is 20.5. The van der Waals surface area contributed by atoms with Crippen molar-refractivity contribution in [1.29, 1.82) is 0 Å². The molecule has 0 saturated carbocycles. The molecule has 42 heavy (non-hydrogen) atoms. The molecular weight excluding hydrogens is 615 g/mol. The van der Waals surface area contributed by atoms with Gasteiger partial charge in [-0.15, -0.1) is 22.9 Å². The van der Waals surface area contributed by atoms with E-state index in [1.54, 1.807) is 66.0 Å². The number of anilines is 1. The molecule has 1 aromatic heterocycles. The fraction of sp³-hybridized carbons (Fsp3) is 0.0938. The average molecular weight is 638 g/mol. The number of halogens is 3. The van der Waals surface area contributed by atoms with E-state index in [4.69, 9.17) is 44.3 Å². The van der Waals surface area contributed by atoms with Gasteiger partial charge in [0.2, 0.25) is 0 Å². The number of thiazole rings is 1. The van der Waals surface area contributed by atoms with Crippen LogP contribution in [0.3, 0.4) is 0 Å². The van der Waals surface area contributed by atoms with Crippen molar-refractivity contribution in [3.8, 4) is 11.5 Å². The highest BCUT2D eigenvalue weighted by Gasteiger charge is 2.32. The van der Waals surface area contributed by atoms with Gasteiger partial charge in [-0.25, -0.2) is 9.88 Å². The molecule has 0 N–H and O–H groups in total. The molecule has 0 aliphatic heterocycles. The first kappa shape index (κ1) is 29.6. The van der Waals surface area contributed by atoms with Crippen LogP contribution in [0.4, 0.5) is 5.13 Å². The summed E-state index contributed by atoms with van der Waals surface area (Å²) in [6.07, 6.45) is 0. The Labute approximate surface area is 262 Å². The Hall–Kier alpha value is -3.88. The summed E-state index contributed by atoms with van der Waals surface area (Å²) in [4.78, 5) is 33.8. The van der Waals surface area contributed by atoms with Gasteiger partial charge in [0.1, 0.15) is 24.7 Å².